The Bertz CT molecular complexity index is 2780. The van der Waals surface area contributed by atoms with E-state index in [9.17, 15) is 0 Å². The van der Waals surface area contributed by atoms with Crippen LogP contribution in [0, 0.1) is 0 Å². The van der Waals surface area contributed by atoms with E-state index in [1.54, 1.807) is 0 Å². The van der Waals surface area contributed by atoms with E-state index in [-0.39, 0.29) is 0 Å². The lowest BCUT2D eigenvalue weighted by Crippen LogP contribution is -1.94. The van der Waals surface area contributed by atoms with Crippen LogP contribution in [0.2, 0.25) is 0 Å². The van der Waals surface area contributed by atoms with Gasteiger partial charge in [0.05, 0.1) is 15.7 Å². The summed E-state index contributed by atoms with van der Waals surface area (Å²) in [7, 11) is 0. The molecule has 0 aliphatic rings. The lowest BCUT2D eigenvalue weighted by atomic mass is 9.96. The number of rotatable bonds is 3. The highest BCUT2D eigenvalue weighted by atomic mass is 32.1. The van der Waals surface area contributed by atoms with Crippen LogP contribution in [0.3, 0.4) is 0 Å². The molecular formula is C44H27NS. The molecule has 10 aromatic rings. The average Bonchev–Trinajstić information content (AvgIpc) is 3.68. The number of hydrogen-bond acceptors (Lipinski definition) is 1. The largest absolute Gasteiger partial charge is 0.308 e. The lowest BCUT2D eigenvalue weighted by molar-refractivity contribution is 1.19. The maximum Gasteiger partial charge on any atom is 0.0726 e. The molecule has 2 heterocycles. The van der Waals surface area contributed by atoms with Crippen LogP contribution in [0.15, 0.2) is 164 Å². The first-order valence-electron chi connectivity index (χ1n) is 15.8. The van der Waals surface area contributed by atoms with Crippen molar-refractivity contribution < 1.29 is 0 Å². The summed E-state index contributed by atoms with van der Waals surface area (Å²) in [5.41, 5.74) is 8.62. The molecular weight excluding hydrogens is 575 g/mol. The van der Waals surface area contributed by atoms with E-state index in [0.717, 1.165) is 0 Å². The Kier molecular flexibility index (Phi) is 5.51. The van der Waals surface area contributed by atoms with Gasteiger partial charge in [-0.3, -0.25) is 0 Å². The van der Waals surface area contributed by atoms with Gasteiger partial charge in [-0.15, -0.1) is 11.3 Å². The second-order valence-corrected chi connectivity index (χ2v) is 13.2. The summed E-state index contributed by atoms with van der Waals surface area (Å²) in [5, 5.41) is 10.4. The first kappa shape index (κ1) is 25.6. The molecule has 0 unspecified atom stereocenters. The molecule has 0 spiro atoms. The summed E-state index contributed by atoms with van der Waals surface area (Å²) in [6.45, 7) is 0. The fraction of sp³-hybridized carbons (Fsp3) is 0. The molecule has 0 saturated heterocycles. The van der Waals surface area contributed by atoms with E-state index < -0.39 is 0 Å². The summed E-state index contributed by atoms with van der Waals surface area (Å²) in [6, 6.07) is 60.0. The van der Waals surface area contributed by atoms with Gasteiger partial charge in [-0.25, -0.2) is 0 Å². The van der Waals surface area contributed by atoms with Gasteiger partial charge in [0.1, 0.15) is 0 Å². The van der Waals surface area contributed by atoms with Crippen molar-refractivity contribution >= 4 is 74.9 Å². The van der Waals surface area contributed by atoms with Crippen LogP contribution < -0.4 is 0 Å². The minimum atomic E-state index is 1.19. The number of benzene rings is 8. The topological polar surface area (TPSA) is 4.93 Å². The molecule has 0 N–H and O–H groups in total. The maximum absolute atomic E-state index is 2.52. The zero-order valence-electron chi connectivity index (χ0n) is 24.9. The van der Waals surface area contributed by atoms with E-state index in [2.05, 4.69) is 168 Å². The summed E-state index contributed by atoms with van der Waals surface area (Å²) in [4.78, 5) is 0. The van der Waals surface area contributed by atoms with Crippen molar-refractivity contribution in [3.8, 4) is 27.9 Å². The first-order valence-corrected chi connectivity index (χ1v) is 16.6. The average molecular weight is 602 g/mol. The van der Waals surface area contributed by atoms with Crippen molar-refractivity contribution in [1.29, 1.82) is 0 Å². The molecule has 0 amide bonds. The van der Waals surface area contributed by atoms with Gasteiger partial charge in [0.2, 0.25) is 0 Å². The van der Waals surface area contributed by atoms with Gasteiger partial charge < -0.3 is 4.57 Å². The molecule has 1 nitrogen and oxygen atoms in total. The number of aromatic nitrogens is 1. The first-order chi connectivity index (χ1) is 22.8. The summed E-state index contributed by atoms with van der Waals surface area (Å²) >= 11 is 1.91. The molecule has 0 radical (unpaired) electrons. The molecule has 0 atom stereocenters. The van der Waals surface area contributed by atoms with Crippen LogP contribution in [0.5, 0.6) is 0 Å². The Labute approximate surface area is 270 Å². The van der Waals surface area contributed by atoms with E-state index >= 15 is 0 Å². The number of fused-ring (bicyclic) bond motifs is 11. The van der Waals surface area contributed by atoms with Crippen LogP contribution >= 0.6 is 11.3 Å². The van der Waals surface area contributed by atoms with Crippen LogP contribution in [0.25, 0.3) is 91.5 Å². The minimum absolute atomic E-state index is 1.19. The predicted molar refractivity (Wildman–Crippen MR) is 200 cm³/mol. The molecule has 0 aliphatic carbocycles. The highest BCUT2D eigenvalue weighted by Crippen LogP contribution is 2.48. The van der Waals surface area contributed by atoms with Crippen LogP contribution in [0.1, 0.15) is 0 Å². The normalized spacial score (nSPS) is 11.9. The van der Waals surface area contributed by atoms with Crippen LogP contribution in [0.4, 0.5) is 0 Å². The second kappa shape index (κ2) is 9.90. The molecule has 2 heteroatoms. The lowest BCUT2D eigenvalue weighted by Gasteiger charge is -2.11. The fourth-order valence-corrected chi connectivity index (χ4v) is 8.69. The maximum atomic E-state index is 2.52. The molecule has 0 fully saturated rings. The monoisotopic (exact) mass is 601 g/mol. The zero-order valence-corrected chi connectivity index (χ0v) is 25.8. The van der Waals surface area contributed by atoms with Gasteiger partial charge in [0.25, 0.3) is 0 Å². The van der Waals surface area contributed by atoms with Crippen molar-refractivity contribution in [2.75, 3.05) is 0 Å². The van der Waals surface area contributed by atoms with Gasteiger partial charge in [0.15, 0.2) is 0 Å². The molecule has 0 saturated carbocycles. The number of hydrogen-bond donors (Lipinski definition) is 0. The van der Waals surface area contributed by atoms with E-state index in [0.29, 0.717) is 0 Å². The zero-order chi connectivity index (χ0) is 30.2. The van der Waals surface area contributed by atoms with Gasteiger partial charge in [-0.05, 0) is 74.1 Å². The third-order valence-electron chi connectivity index (χ3n) is 9.56. The molecule has 214 valence electrons. The molecule has 8 aromatic carbocycles. The standard InChI is InChI=1S/C44H27NS/c1-2-10-28(11-3-1)30-18-20-31(21-19-30)33-23-25-39-38(27-33)41-35-14-6-7-15-36(35)42-37-16-8-9-17-40(37)46-44(42)43(41)45(39)34-24-22-29-12-4-5-13-32(29)26-34/h1-27H. The van der Waals surface area contributed by atoms with Crippen molar-refractivity contribution in [3.63, 3.8) is 0 Å². The molecule has 0 bridgehead atoms. The Morgan fingerprint density at radius 1 is 0.391 bits per heavy atom. The van der Waals surface area contributed by atoms with Crippen LogP contribution in [-0.4, -0.2) is 4.57 Å². The van der Waals surface area contributed by atoms with Gasteiger partial charge in [-0.1, -0.05) is 133 Å². The number of nitrogens with zero attached hydrogens (tertiary/aromatic N) is 1. The minimum Gasteiger partial charge on any atom is -0.308 e. The van der Waals surface area contributed by atoms with E-state index in [1.807, 2.05) is 11.3 Å². The second-order valence-electron chi connectivity index (χ2n) is 12.1. The summed E-state index contributed by atoms with van der Waals surface area (Å²) in [5.74, 6) is 0. The Morgan fingerprint density at radius 2 is 1.00 bits per heavy atom. The van der Waals surface area contributed by atoms with Crippen molar-refractivity contribution in [1.82, 2.24) is 4.57 Å². The van der Waals surface area contributed by atoms with E-state index in [4.69, 9.17) is 0 Å². The molecule has 10 rings (SSSR count). The fourth-order valence-electron chi connectivity index (χ4n) is 7.43. The molecule has 0 aliphatic heterocycles. The van der Waals surface area contributed by atoms with Crippen molar-refractivity contribution in [3.05, 3.63) is 164 Å². The quantitative estimate of drug-likeness (QED) is 0.190. The molecule has 46 heavy (non-hydrogen) atoms. The van der Waals surface area contributed by atoms with Gasteiger partial charge in [-0.2, -0.15) is 0 Å². The smallest absolute Gasteiger partial charge is 0.0726 e. The van der Waals surface area contributed by atoms with Crippen molar-refractivity contribution in [2.45, 2.75) is 0 Å². The summed E-state index contributed by atoms with van der Waals surface area (Å²) in [6.07, 6.45) is 0. The van der Waals surface area contributed by atoms with Crippen LogP contribution in [-0.2, 0) is 0 Å². The molecule has 2 aromatic heterocycles. The third kappa shape index (κ3) is 3.74. The summed E-state index contributed by atoms with van der Waals surface area (Å²) < 4.78 is 5.18. The van der Waals surface area contributed by atoms with E-state index in [1.165, 1.54) is 91.5 Å². The van der Waals surface area contributed by atoms with Gasteiger partial charge in [0, 0.05) is 31.9 Å². The number of thiophene rings is 1. The highest BCUT2D eigenvalue weighted by Gasteiger charge is 2.22. The highest BCUT2D eigenvalue weighted by molar-refractivity contribution is 7.27. The van der Waals surface area contributed by atoms with Crippen molar-refractivity contribution in [2.24, 2.45) is 0 Å². The Morgan fingerprint density at radius 3 is 1.80 bits per heavy atom. The SMILES string of the molecule is c1ccc(-c2ccc(-c3ccc4c(c3)c3c5ccccc5c5c6ccccc6sc5c3n4-c3ccc4ccccc4c3)cc2)cc1. The van der Waals surface area contributed by atoms with Gasteiger partial charge >= 0.3 is 0 Å². The third-order valence-corrected chi connectivity index (χ3v) is 10.7. The predicted octanol–water partition coefficient (Wildman–Crippen LogP) is 12.8. The Balaban J connectivity index is 1.32. The Hall–Kier alpha value is -5.70.